The fourth-order valence-corrected chi connectivity index (χ4v) is 3.94. The number of halogens is 1. The number of aromatic nitrogens is 3. The molecule has 3 aromatic rings. The molecule has 0 bridgehead atoms. The van der Waals surface area contributed by atoms with Crippen molar-refractivity contribution in [1.82, 2.24) is 19.5 Å². The van der Waals surface area contributed by atoms with E-state index >= 15 is 0 Å². The van der Waals surface area contributed by atoms with Crippen LogP contribution in [0.3, 0.4) is 0 Å². The fraction of sp³-hybridized carbons (Fsp3) is 0.444. The number of carbonyl (C=O) groups excluding carboxylic acids is 1. The number of primary amides is 1. The van der Waals surface area contributed by atoms with Crippen LogP contribution in [0.25, 0.3) is 16.7 Å². The number of benzene rings is 1. The lowest BCUT2D eigenvalue weighted by Crippen LogP contribution is -2.37. The van der Waals surface area contributed by atoms with E-state index < -0.39 is 5.91 Å². The monoisotopic (exact) mass is 343 g/mol. The predicted octanol–water partition coefficient (Wildman–Crippen LogP) is 2.64. The van der Waals surface area contributed by atoms with Crippen molar-refractivity contribution >= 4 is 22.6 Å². The highest BCUT2D eigenvalue weighted by molar-refractivity contribution is 6.05. The van der Waals surface area contributed by atoms with Crippen LogP contribution in [0.2, 0.25) is 0 Å². The van der Waals surface area contributed by atoms with Gasteiger partial charge in [-0.05, 0) is 57.8 Å². The van der Waals surface area contributed by atoms with Crippen LogP contribution in [0.1, 0.15) is 48.5 Å². The third-order valence-corrected chi connectivity index (χ3v) is 5.30. The lowest BCUT2D eigenvalue weighted by atomic mass is 9.90. The number of fused-ring (bicyclic) bond motifs is 3. The third-order valence-electron chi connectivity index (χ3n) is 5.30. The Hall–Kier alpha value is -2.41. The minimum Gasteiger partial charge on any atom is -0.366 e. The summed E-state index contributed by atoms with van der Waals surface area (Å²) in [6.07, 6.45) is 1.79. The zero-order valence-corrected chi connectivity index (χ0v) is 14.4. The smallest absolute Gasteiger partial charge is 0.250 e. The molecule has 0 unspecified atom stereocenters. The van der Waals surface area contributed by atoms with Gasteiger partial charge in [-0.25, -0.2) is 9.50 Å². The van der Waals surface area contributed by atoms with Crippen molar-refractivity contribution in [2.75, 3.05) is 13.1 Å². The maximum absolute atomic E-state index is 14.7. The SMILES string of the molecule is CC(C)N1CCC(c2c(F)[nH]n3c2nc2cccc(C(N)=O)c23)CC1. The van der Waals surface area contributed by atoms with Crippen LogP contribution in [0, 0.1) is 5.95 Å². The first-order chi connectivity index (χ1) is 12.0. The van der Waals surface area contributed by atoms with E-state index in [1.54, 1.807) is 16.6 Å². The molecule has 1 amide bonds. The molecule has 0 atom stereocenters. The number of nitrogens with one attached hydrogen (secondary N) is 1. The molecule has 3 heterocycles. The Labute approximate surface area is 144 Å². The average molecular weight is 343 g/mol. The molecule has 1 aliphatic rings. The zero-order chi connectivity index (χ0) is 17.7. The maximum Gasteiger partial charge on any atom is 0.250 e. The molecule has 0 aliphatic carbocycles. The number of hydrogen-bond donors (Lipinski definition) is 2. The van der Waals surface area contributed by atoms with Crippen LogP contribution in [0.4, 0.5) is 4.39 Å². The van der Waals surface area contributed by atoms with Crippen LogP contribution < -0.4 is 5.73 Å². The van der Waals surface area contributed by atoms with E-state index in [9.17, 15) is 9.18 Å². The Bertz CT molecular complexity index is 949. The number of aromatic amines is 1. The van der Waals surface area contributed by atoms with E-state index in [2.05, 4.69) is 28.8 Å². The van der Waals surface area contributed by atoms with Crippen LogP contribution in [0.5, 0.6) is 0 Å². The van der Waals surface area contributed by atoms with Gasteiger partial charge in [-0.15, -0.1) is 0 Å². The zero-order valence-electron chi connectivity index (χ0n) is 14.4. The van der Waals surface area contributed by atoms with Gasteiger partial charge in [-0.3, -0.25) is 9.89 Å². The predicted molar refractivity (Wildman–Crippen MR) is 94.2 cm³/mol. The van der Waals surface area contributed by atoms with E-state index in [1.807, 2.05) is 6.07 Å². The summed E-state index contributed by atoms with van der Waals surface area (Å²) in [5.74, 6) is -0.793. The molecule has 0 saturated carbocycles. The first-order valence-electron chi connectivity index (χ1n) is 8.69. The van der Waals surface area contributed by atoms with Gasteiger partial charge >= 0.3 is 0 Å². The second kappa shape index (κ2) is 5.84. The fourth-order valence-electron chi connectivity index (χ4n) is 3.94. The second-order valence-corrected chi connectivity index (χ2v) is 7.05. The van der Waals surface area contributed by atoms with Crippen LogP contribution >= 0.6 is 0 Å². The highest BCUT2D eigenvalue weighted by Crippen LogP contribution is 2.34. The maximum atomic E-state index is 14.7. The molecule has 1 aliphatic heterocycles. The van der Waals surface area contributed by atoms with Crippen LogP contribution in [-0.2, 0) is 0 Å². The summed E-state index contributed by atoms with van der Waals surface area (Å²) >= 11 is 0. The number of para-hydroxylation sites is 1. The normalized spacial score (nSPS) is 17.1. The molecule has 1 aromatic carbocycles. The highest BCUT2D eigenvalue weighted by Gasteiger charge is 2.29. The largest absolute Gasteiger partial charge is 0.366 e. The van der Waals surface area contributed by atoms with Gasteiger partial charge < -0.3 is 10.6 Å². The van der Waals surface area contributed by atoms with E-state index in [4.69, 9.17) is 5.73 Å². The molecule has 1 fully saturated rings. The van der Waals surface area contributed by atoms with Crippen molar-refractivity contribution in [1.29, 1.82) is 0 Å². The molecule has 2 aromatic heterocycles. The number of amides is 1. The van der Waals surface area contributed by atoms with Gasteiger partial charge in [0.15, 0.2) is 5.65 Å². The molecule has 6 nitrogen and oxygen atoms in total. The van der Waals surface area contributed by atoms with Gasteiger partial charge in [0.05, 0.1) is 16.6 Å². The van der Waals surface area contributed by atoms with Crippen molar-refractivity contribution in [3.05, 3.63) is 35.3 Å². The lowest BCUT2D eigenvalue weighted by Gasteiger charge is -2.34. The molecule has 1 saturated heterocycles. The van der Waals surface area contributed by atoms with Crippen molar-refractivity contribution in [3.63, 3.8) is 0 Å². The number of nitrogens with two attached hydrogens (primary N) is 1. The molecule has 4 rings (SSSR count). The van der Waals surface area contributed by atoms with Gasteiger partial charge in [0, 0.05) is 6.04 Å². The minimum absolute atomic E-state index is 0.123. The summed E-state index contributed by atoms with van der Waals surface area (Å²) in [6, 6.07) is 5.69. The summed E-state index contributed by atoms with van der Waals surface area (Å²) in [5, 5.41) is 2.74. The number of hydrogen-bond acceptors (Lipinski definition) is 3. The molecule has 0 spiro atoms. The third kappa shape index (κ3) is 2.50. The lowest BCUT2D eigenvalue weighted by molar-refractivity contribution is 0.100. The van der Waals surface area contributed by atoms with Crippen LogP contribution in [-0.4, -0.2) is 44.5 Å². The Morgan fingerprint density at radius 1 is 1.36 bits per heavy atom. The molecule has 25 heavy (non-hydrogen) atoms. The number of nitrogens with zero attached hydrogens (tertiary/aromatic N) is 3. The van der Waals surface area contributed by atoms with Gasteiger partial charge in [0.2, 0.25) is 5.95 Å². The summed E-state index contributed by atoms with van der Waals surface area (Å²) < 4.78 is 16.3. The van der Waals surface area contributed by atoms with E-state index in [0.29, 0.717) is 33.8 Å². The molecular weight excluding hydrogens is 321 g/mol. The Balaban J connectivity index is 1.81. The first kappa shape index (κ1) is 16.1. The van der Waals surface area contributed by atoms with Crippen LogP contribution in [0.15, 0.2) is 18.2 Å². The van der Waals surface area contributed by atoms with E-state index in [0.717, 1.165) is 25.9 Å². The second-order valence-electron chi connectivity index (χ2n) is 7.05. The summed E-state index contributed by atoms with van der Waals surface area (Å²) in [6.45, 7) is 6.27. The summed E-state index contributed by atoms with van der Waals surface area (Å²) in [4.78, 5) is 18.7. The highest BCUT2D eigenvalue weighted by atomic mass is 19.1. The topological polar surface area (TPSA) is 79.4 Å². The quantitative estimate of drug-likeness (QED) is 0.767. The standard InChI is InChI=1S/C18H22FN5O/c1-10(2)23-8-6-11(7-9-23)14-16(19)22-24-15-12(17(20)25)4-3-5-13(15)21-18(14)24/h3-5,10-11,22H,6-9H2,1-2H3,(H2,20,25). The van der Waals surface area contributed by atoms with Crippen molar-refractivity contribution in [2.24, 2.45) is 5.73 Å². The summed E-state index contributed by atoms with van der Waals surface area (Å²) in [7, 11) is 0. The number of piperidine rings is 1. The Morgan fingerprint density at radius 2 is 2.08 bits per heavy atom. The molecule has 132 valence electrons. The first-order valence-corrected chi connectivity index (χ1v) is 8.69. The number of carbonyl (C=O) groups is 1. The van der Waals surface area contributed by atoms with E-state index in [1.165, 1.54) is 0 Å². The summed E-state index contributed by atoms with van der Waals surface area (Å²) in [5.41, 5.74) is 8.17. The number of imidazole rings is 1. The van der Waals surface area contributed by atoms with Gasteiger partial charge in [-0.2, -0.15) is 4.39 Å². The number of rotatable bonds is 3. The average Bonchev–Trinajstić information content (AvgIpc) is 3.08. The van der Waals surface area contributed by atoms with Gasteiger partial charge in [0.25, 0.3) is 5.91 Å². The molecule has 7 heteroatoms. The Kier molecular flexibility index (Phi) is 3.76. The van der Waals surface area contributed by atoms with Crippen molar-refractivity contribution < 1.29 is 9.18 Å². The molecule has 0 radical (unpaired) electrons. The van der Waals surface area contributed by atoms with Gasteiger partial charge in [0.1, 0.15) is 5.52 Å². The molecule has 3 N–H and O–H groups in total. The Morgan fingerprint density at radius 3 is 2.72 bits per heavy atom. The van der Waals surface area contributed by atoms with Crippen molar-refractivity contribution in [2.45, 2.75) is 38.6 Å². The van der Waals surface area contributed by atoms with Gasteiger partial charge in [-0.1, -0.05) is 6.07 Å². The minimum atomic E-state index is -0.547. The molecular formula is C18H22FN5O. The van der Waals surface area contributed by atoms with E-state index in [-0.39, 0.29) is 11.9 Å². The van der Waals surface area contributed by atoms with Crippen molar-refractivity contribution in [3.8, 4) is 0 Å². The number of likely N-dealkylation sites (tertiary alicyclic amines) is 1. The number of H-pyrrole nitrogens is 1.